The summed E-state index contributed by atoms with van der Waals surface area (Å²) in [6, 6.07) is 0. The Morgan fingerprint density at radius 2 is 2.07 bits per heavy atom. The van der Waals surface area contributed by atoms with Gasteiger partial charge in [-0.05, 0) is 18.8 Å². The van der Waals surface area contributed by atoms with E-state index in [9.17, 15) is 4.79 Å². The molecule has 0 bridgehead atoms. The van der Waals surface area contributed by atoms with Crippen molar-refractivity contribution in [2.45, 2.75) is 39.2 Å². The molecule has 0 unspecified atom stereocenters. The van der Waals surface area contributed by atoms with E-state index in [2.05, 4.69) is 5.32 Å². The fraction of sp³-hybridized carbons (Fsp3) is 0.900. The molecule has 0 heterocycles. The van der Waals surface area contributed by atoms with Gasteiger partial charge in [-0.1, -0.05) is 13.8 Å². The first-order valence-corrected chi connectivity index (χ1v) is 5.15. The second kappa shape index (κ2) is 7.76. The third kappa shape index (κ3) is 6.86. The van der Waals surface area contributed by atoms with Crippen molar-refractivity contribution in [3.8, 4) is 0 Å². The number of carbonyl (C=O) groups is 1. The van der Waals surface area contributed by atoms with E-state index >= 15 is 0 Å². The van der Waals surface area contributed by atoms with Gasteiger partial charge in [0, 0.05) is 13.0 Å². The summed E-state index contributed by atoms with van der Waals surface area (Å²) in [6.45, 7) is 4.29. The van der Waals surface area contributed by atoms with Crippen molar-refractivity contribution in [2.75, 3.05) is 13.2 Å². The van der Waals surface area contributed by atoms with Crippen LogP contribution in [0.5, 0.6) is 0 Å². The van der Waals surface area contributed by atoms with Crippen molar-refractivity contribution in [1.29, 1.82) is 0 Å². The van der Waals surface area contributed by atoms with Crippen LogP contribution in [0, 0.1) is 5.92 Å². The van der Waals surface area contributed by atoms with Crippen molar-refractivity contribution in [3.05, 3.63) is 0 Å². The van der Waals surface area contributed by atoms with E-state index in [4.69, 9.17) is 10.2 Å². The predicted octanol–water partition coefficient (Wildman–Crippen LogP) is 0.282. The minimum atomic E-state index is -0.626. The minimum Gasteiger partial charge on any atom is -0.394 e. The van der Waals surface area contributed by atoms with Gasteiger partial charge in [-0.2, -0.15) is 0 Å². The van der Waals surface area contributed by atoms with E-state index in [1.807, 2.05) is 13.8 Å². The summed E-state index contributed by atoms with van der Waals surface area (Å²) >= 11 is 0. The quantitative estimate of drug-likeness (QED) is 0.556. The molecule has 0 aromatic rings. The van der Waals surface area contributed by atoms with Gasteiger partial charge in [0.15, 0.2) is 0 Å². The molecule has 0 spiro atoms. The van der Waals surface area contributed by atoms with Crippen molar-refractivity contribution in [3.63, 3.8) is 0 Å². The predicted molar refractivity (Wildman–Crippen MR) is 54.8 cm³/mol. The van der Waals surface area contributed by atoms with Crippen LogP contribution in [-0.2, 0) is 4.79 Å². The molecule has 0 saturated carbocycles. The smallest absolute Gasteiger partial charge is 0.219 e. The van der Waals surface area contributed by atoms with Crippen molar-refractivity contribution >= 4 is 5.91 Å². The molecule has 0 aliphatic rings. The van der Waals surface area contributed by atoms with E-state index in [0.717, 1.165) is 6.42 Å². The first kappa shape index (κ1) is 13.4. The lowest BCUT2D eigenvalue weighted by molar-refractivity contribution is -0.120. The van der Waals surface area contributed by atoms with Crippen LogP contribution in [-0.4, -0.2) is 35.4 Å². The van der Waals surface area contributed by atoms with Gasteiger partial charge in [0.2, 0.25) is 5.91 Å². The molecule has 84 valence electrons. The number of hydrogen-bond donors (Lipinski definition) is 3. The van der Waals surface area contributed by atoms with E-state index in [1.54, 1.807) is 0 Å². The van der Waals surface area contributed by atoms with Gasteiger partial charge in [0.05, 0.1) is 12.7 Å². The van der Waals surface area contributed by atoms with Crippen LogP contribution in [0.2, 0.25) is 0 Å². The maximum Gasteiger partial charge on any atom is 0.219 e. The zero-order valence-electron chi connectivity index (χ0n) is 8.99. The van der Waals surface area contributed by atoms with Gasteiger partial charge >= 0.3 is 0 Å². The standard InChI is InChI=1S/C10H21NO3/c1-3-10(14)11-6-8(2)4-5-9(13)7-12/h8-9,12-13H,3-7H2,1-2H3,(H,11,14)/t8-,9+/m1/s1. The van der Waals surface area contributed by atoms with Gasteiger partial charge < -0.3 is 15.5 Å². The molecular weight excluding hydrogens is 182 g/mol. The summed E-state index contributed by atoms with van der Waals surface area (Å²) < 4.78 is 0. The zero-order valence-corrected chi connectivity index (χ0v) is 8.99. The highest BCUT2D eigenvalue weighted by Gasteiger charge is 2.07. The van der Waals surface area contributed by atoms with Crippen LogP contribution >= 0.6 is 0 Å². The molecule has 3 N–H and O–H groups in total. The number of amides is 1. The Labute approximate surface area is 85.3 Å². The molecule has 4 nitrogen and oxygen atoms in total. The largest absolute Gasteiger partial charge is 0.394 e. The summed E-state index contributed by atoms with van der Waals surface area (Å²) in [5.74, 6) is 0.395. The normalized spacial score (nSPS) is 14.9. The third-order valence-corrected chi connectivity index (χ3v) is 2.17. The molecule has 0 aromatic carbocycles. The van der Waals surface area contributed by atoms with Gasteiger partial charge in [-0.3, -0.25) is 4.79 Å². The lowest BCUT2D eigenvalue weighted by Gasteiger charge is -2.13. The summed E-state index contributed by atoms with van der Waals surface area (Å²) in [6.07, 6.45) is 1.27. The Morgan fingerprint density at radius 1 is 1.43 bits per heavy atom. The summed E-state index contributed by atoms with van der Waals surface area (Å²) in [7, 11) is 0. The highest BCUT2D eigenvalue weighted by Crippen LogP contribution is 2.06. The number of rotatable bonds is 7. The maximum absolute atomic E-state index is 10.9. The minimum absolute atomic E-state index is 0.0551. The summed E-state index contributed by atoms with van der Waals surface area (Å²) in [5, 5.41) is 20.5. The number of nitrogens with one attached hydrogen (secondary N) is 1. The molecular formula is C10H21NO3. The average molecular weight is 203 g/mol. The fourth-order valence-electron chi connectivity index (χ4n) is 1.08. The Hall–Kier alpha value is -0.610. The number of aliphatic hydroxyl groups is 2. The molecule has 0 radical (unpaired) electrons. The first-order chi connectivity index (χ1) is 6.60. The fourth-order valence-corrected chi connectivity index (χ4v) is 1.08. The molecule has 0 fully saturated rings. The van der Waals surface area contributed by atoms with E-state index in [1.165, 1.54) is 0 Å². The second-order valence-electron chi connectivity index (χ2n) is 3.68. The summed E-state index contributed by atoms with van der Waals surface area (Å²) in [5.41, 5.74) is 0. The van der Waals surface area contributed by atoms with E-state index in [-0.39, 0.29) is 12.5 Å². The highest BCUT2D eigenvalue weighted by molar-refractivity contribution is 5.75. The van der Waals surface area contributed by atoms with Gasteiger partial charge in [0.1, 0.15) is 0 Å². The van der Waals surface area contributed by atoms with Gasteiger partial charge in [-0.15, -0.1) is 0 Å². The molecule has 0 rings (SSSR count). The highest BCUT2D eigenvalue weighted by atomic mass is 16.3. The molecule has 4 heteroatoms. The van der Waals surface area contributed by atoms with Crippen molar-refractivity contribution in [2.24, 2.45) is 5.92 Å². The Bertz CT molecular complexity index is 161. The molecule has 2 atom stereocenters. The SMILES string of the molecule is CCC(=O)NC[C@H](C)CC[C@H](O)CO. The van der Waals surface area contributed by atoms with Crippen LogP contribution in [0.25, 0.3) is 0 Å². The average Bonchev–Trinajstić information content (AvgIpc) is 2.22. The van der Waals surface area contributed by atoms with E-state index in [0.29, 0.717) is 25.3 Å². The Morgan fingerprint density at radius 3 is 2.57 bits per heavy atom. The van der Waals surface area contributed by atoms with Crippen LogP contribution in [0.3, 0.4) is 0 Å². The molecule has 0 aromatic heterocycles. The molecule has 0 aliphatic carbocycles. The van der Waals surface area contributed by atoms with Crippen LogP contribution in [0.1, 0.15) is 33.1 Å². The van der Waals surface area contributed by atoms with Crippen molar-refractivity contribution in [1.82, 2.24) is 5.32 Å². The lowest BCUT2D eigenvalue weighted by atomic mass is 10.0. The summed E-state index contributed by atoms with van der Waals surface area (Å²) in [4.78, 5) is 10.9. The van der Waals surface area contributed by atoms with E-state index < -0.39 is 6.10 Å². The van der Waals surface area contributed by atoms with Crippen LogP contribution < -0.4 is 5.32 Å². The number of hydrogen-bond acceptors (Lipinski definition) is 3. The topological polar surface area (TPSA) is 69.6 Å². The van der Waals surface area contributed by atoms with Crippen LogP contribution in [0.4, 0.5) is 0 Å². The first-order valence-electron chi connectivity index (χ1n) is 5.15. The molecule has 14 heavy (non-hydrogen) atoms. The molecule has 0 aliphatic heterocycles. The zero-order chi connectivity index (χ0) is 11.0. The van der Waals surface area contributed by atoms with Crippen LogP contribution in [0.15, 0.2) is 0 Å². The monoisotopic (exact) mass is 203 g/mol. The Kier molecular flexibility index (Phi) is 7.42. The molecule has 1 amide bonds. The Balaban J connectivity index is 3.45. The molecule has 0 saturated heterocycles. The van der Waals surface area contributed by atoms with Gasteiger partial charge in [0.25, 0.3) is 0 Å². The second-order valence-corrected chi connectivity index (χ2v) is 3.68. The lowest BCUT2D eigenvalue weighted by Crippen LogP contribution is -2.28. The number of aliphatic hydroxyl groups excluding tert-OH is 2. The van der Waals surface area contributed by atoms with Crippen molar-refractivity contribution < 1.29 is 15.0 Å². The maximum atomic E-state index is 10.9. The number of carbonyl (C=O) groups excluding carboxylic acids is 1. The van der Waals surface area contributed by atoms with Gasteiger partial charge in [-0.25, -0.2) is 0 Å². The third-order valence-electron chi connectivity index (χ3n) is 2.17.